The highest BCUT2D eigenvalue weighted by Crippen LogP contribution is 2.25. The number of nitrogens with zero attached hydrogens (tertiary/aromatic N) is 1. The second kappa shape index (κ2) is 11.7. The van der Waals surface area contributed by atoms with Crippen molar-refractivity contribution in [1.82, 2.24) is 10.3 Å². The van der Waals surface area contributed by atoms with Gasteiger partial charge in [0.15, 0.2) is 11.6 Å². The minimum atomic E-state index is -0.966. The highest BCUT2D eigenvalue weighted by Gasteiger charge is 2.13. The average Bonchev–Trinajstić information content (AvgIpc) is 3.02. The second-order valence-electron chi connectivity index (χ2n) is 7.74. The average molecular weight is 427 g/mol. The summed E-state index contributed by atoms with van der Waals surface area (Å²) in [5, 5.41) is 5.86. The molecule has 1 fully saturated rings. The van der Waals surface area contributed by atoms with E-state index in [0.717, 1.165) is 44.0 Å². The Bertz CT molecular complexity index is 747. The molecule has 160 valence electrons. The van der Waals surface area contributed by atoms with E-state index in [9.17, 15) is 13.2 Å². The summed E-state index contributed by atoms with van der Waals surface area (Å²) in [5.41, 5.74) is 1.19. The quantitative estimate of drug-likeness (QED) is 0.481. The fourth-order valence-electron chi connectivity index (χ4n) is 3.65. The van der Waals surface area contributed by atoms with Crippen LogP contribution in [0.5, 0.6) is 0 Å². The first-order valence-corrected chi connectivity index (χ1v) is 11.3. The molecule has 0 amide bonds. The van der Waals surface area contributed by atoms with E-state index in [1.807, 2.05) is 0 Å². The normalized spacial score (nSPS) is 18.5. The van der Waals surface area contributed by atoms with Gasteiger partial charge in [0.25, 0.3) is 0 Å². The molecule has 3 rings (SSSR count). The van der Waals surface area contributed by atoms with E-state index in [1.54, 1.807) is 5.38 Å². The lowest BCUT2D eigenvalue weighted by molar-refractivity contribution is 0.0639. The van der Waals surface area contributed by atoms with Crippen molar-refractivity contribution in [3.63, 3.8) is 0 Å². The van der Waals surface area contributed by atoms with Crippen molar-refractivity contribution >= 4 is 11.3 Å². The van der Waals surface area contributed by atoms with Crippen molar-refractivity contribution in [3.8, 4) is 10.6 Å². The van der Waals surface area contributed by atoms with Crippen molar-refractivity contribution in [2.24, 2.45) is 5.92 Å². The van der Waals surface area contributed by atoms with Gasteiger partial charge in [0.2, 0.25) is 0 Å². The topological polar surface area (TPSA) is 34.1 Å². The van der Waals surface area contributed by atoms with E-state index in [1.165, 1.54) is 43.1 Å². The van der Waals surface area contributed by atoms with Gasteiger partial charge in [-0.1, -0.05) is 19.3 Å². The minimum absolute atomic E-state index is 0.0586. The van der Waals surface area contributed by atoms with Crippen molar-refractivity contribution in [2.75, 3.05) is 19.7 Å². The Balaban J connectivity index is 1.31. The highest BCUT2D eigenvalue weighted by molar-refractivity contribution is 7.13. The van der Waals surface area contributed by atoms with Gasteiger partial charge in [0, 0.05) is 10.9 Å². The van der Waals surface area contributed by atoms with Crippen LogP contribution in [-0.4, -0.2) is 30.9 Å². The number of unbranched alkanes of at least 4 members (excludes halogenated alkanes) is 1. The van der Waals surface area contributed by atoms with Crippen LogP contribution < -0.4 is 5.32 Å². The standard InChI is InChI=1S/C22H29F3N2OS/c23-18(7-2-1-5-16-6-3-4-10-26-12-16)13-28-14-19-15-29-22(27-19)17-8-9-20(24)21(25)11-17/h8-9,11,15-16,18,26H,1-7,10,12-14H2. The molecule has 1 N–H and O–H groups in total. The number of hydrogen-bond acceptors (Lipinski definition) is 4. The van der Waals surface area contributed by atoms with Crippen molar-refractivity contribution in [3.05, 3.63) is 40.9 Å². The predicted octanol–water partition coefficient (Wildman–Crippen LogP) is 5.89. The number of aromatic nitrogens is 1. The molecule has 7 heteroatoms. The maximum absolute atomic E-state index is 14.1. The fraction of sp³-hybridized carbons (Fsp3) is 0.591. The zero-order valence-electron chi connectivity index (χ0n) is 16.6. The third-order valence-electron chi connectivity index (χ3n) is 5.30. The van der Waals surface area contributed by atoms with Crippen molar-refractivity contribution < 1.29 is 17.9 Å². The van der Waals surface area contributed by atoms with Crippen LogP contribution in [0.4, 0.5) is 13.2 Å². The van der Waals surface area contributed by atoms with Gasteiger partial charge in [0.05, 0.1) is 18.9 Å². The van der Waals surface area contributed by atoms with Gasteiger partial charge in [-0.05, 0) is 62.9 Å². The number of halogens is 3. The molecule has 0 aliphatic carbocycles. The summed E-state index contributed by atoms with van der Waals surface area (Å²) in [6.07, 6.45) is 6.53. The van der Waals surface area contributed by atoms with E-state index in [-0.39, 0.29) is 13.2 Å². The number of benzene rings is 1. The minimum Gasteiger partial charge on any atom is -0.372 e. The SMILES string of the molecule is Fc1ccc(-c2nc(COCC(F)CCCCC3CCCCNC3)cs2)cc1F. The van der Waals surface area contributed by atoms with Crippen LogP contribution >= 0.6 is 11.3 Å². The Hall–Kier alpha value is -1.44. The first kappa shape index (κ1) is 22.2. The lowest BCUT2D eigenvalue weighted by atomic mass is 9.96. The number of rotatable bonds is 10. The molecule has 1 aromatic carbocycles. The maximum Gasteiger partial charge on any atom is 0.159 e. The molecule has 1 aliphatic heterocycles. The molecule has 0 bridgehead atoms. The first-order chi connectivity index (χ1) is 14.1. The van der Waals surface area contributed by atoms with Crippen molar-refractivity contribution in [2.45, 2.75) is 57.7 Å². The molecule has 0 radical (unpaired) electrons. The molecular weight excluding hydrogens is 397 g/mol. The van der Waals surface area contributed by atoms with Gasteiger partial charge in [-0.3, -0.25) is 0 Å². The highest BCUT2D eigenvalue weighted by atomic mass is 32.1. The van der Waals surface area contributed by atoms with Crippen LogP contribution in [0.3, 0.4) is 0 Å². The Labute approximate surface area is 174 Å². The third kappa shape index (κ3) is 7.39. The van der Waals surface area contributed by atoms with Crippen LogP contribution in [0.1, 0.15) is 50.6 Å². The maximum atomic E-state index is 14.1. The number of ether oxygens (including phenoxy) is 1. The predicted molar refractivity (Wildman–Crippen MR) is 111 cm³/mol. The molecule has 3 nitrogen and oxygen atoms in total. The number of alkyl halides is 1. The second-order valence-corrected chi connectivity index (χ2v) is 8.59. The smallest absolute Gasteiger partial charge is 0.159 e. The van der Waals surface area contributed by atoms with Gasteiger partial charge in [-0.15, -0.1) is 11.3 Å². The zero-order valence-corrected chi connectivity index (χ0v) is 17.5. The van der Waals surface area contributed by atoms with Gasteiger partial charge in [-0.2, -0.15) is 0 Å². The fourth-order valence-corrected chi connectivity index (χ4v) is 4.45. The summed E-state index contributed by atoms with van der Waals surface area (Å²) in [7, 11) is 0. The van der Waals surface area contributed by atoms with E-state index < -0.39 is 17.8 Å². The van der Waals surface area contributed by atoms with Crippen molar-refractivity contribution in [1.29, 1.82) is 0 Å². The summed E-state index contributed by atoms with van der Waals surface area (Å²) in [6, 6.07) is 3.70. The Kier molecular flexibility index (Phi) is 8.95. The van der Waals surface area contributed by atoms with Gasteiger partial charge < -0.3 is 10.1 Å². The Morgan fingerprint density at radius 1 is 1.21 bits per heavy atom. The molecule has 2 aromatic rings. The summed E-state index contributed by atoms with van der Waals surface area (Å²) < 4.78 is 45.9. The monoisotopic (exact) mass is 426 g/mol. The van der Waals surface area contributed by atoms with Crippen LogP contribution in [0.2, 0.25) is 0 Å². The molecule has 2 unspecified atom stereocenters. The zero-order chi connectivity index (χ0) is 20.5. The van der Waals surface area contributed by atoms with E-state index >= 15 is 0 Å². The molecule has 0 spiro atoms. The van der Waals surface area contributed by atoms with E-state index in [2.05, 4.69) is 10.3 Å². The molecule has 29 heavy (non-hydrogen) atoms. The van der Waals surface area contributed by atoms with E-state index in [0.29, 0.717) is 22.7 Å². The Morgan fingerprint density at radius 2 is 2.10 bits per heavy atom. The lowest BCUT2D eigenvalue weighted by Crippen LogP contribution is -2.20. The summed E-state index contributed by atoms with van der Waals surface area (Å²) in [5.74, 6) is -1.04. The van der Waals surface area contributed by atoms with Crippen LogP contribution in [0.15, 0.2) is 23.6 Å². The summed E-state index contributed by atoms with van der Waals surface area (Å²) in [4.78, 5) is 4.36. The lowest BCUT2D eigenvalue weighted by Gasteiger charge is -2.14. The molecular formula is C22H29F3N2OS. The molecule has 2 atom stereocenters. The molecule has 2 heterocycles. The summed E-state index contributed by atoms with van der Waals surface area (Å²) in [6.45, 7) is 2.50. The van der Waals surface area contributed by atoms with E-state index in [4.69, 9.17) is 4.74 Å². The van der Waals surface area contributed by atoms with Gasteiger partial charge >= 0.3 is 0 Å². The number of nitrogens with one attached hydrogen (secondary N) is 1. The molecule has 1 saturated heterocycles. The first-order valence-electron chi connectivity index (χ1n) is 10.4. The van der Waals surface area contributed by atoms with Gasteiger partial charge in [-0.25, -0.2) is 18.2 Å². The number of thiazole rings is 1. The number of hydrogen-bond donors (Lipinski definition) is 1. The largest absolute Gasteiger partial charge is 0.372 e. The molecule has 0 saturated carbocycles. The molecule has 1 aliphatic rings. The van der Waals surface area contributed by atoms with Crippen LogP contribution in [-0.2, 0) is 11.3 Å². The Morgan fingerprint density at radius 3 is 2.97 bits per heavy atom. The summed E-state index contributed by atoms with van der Waals surface area (Å²) >= 11 is 1.33. The van der Waals surface area contributed by atoms with Crippen LogP contribution in [0, 0.1) is 17.6 Å². The molecule has 1 aromatic heterocycles. The van der Waals surface area contributed by atoms with Gasteiger partial charge in [0.1, 0.15) is 11.2 Å². The third-order valence-corrected chi connectivity index (χ3v) is 6.24. The van der Waals surface area contributed by atoms with Crippen LogP contribution in [0.25, 0.3) is 10.6 Å².